The van der Waals surface area contributed by atoms with Crippen molar-refractivity contribution in [1.29, 1.82) is 0 Å². The van der Waals surface area contributed by atoms with Crippen molar-refractivity contribution in [2.75, 3.05) is 6.61 Å². The fraction of sp³-hybridized carbons (Fsp3) is 0.294. The Bertz CT molecular complexity index is 719. The van der Waals surface area contributed by atoms with Gasteiger partial charge in [-0.05, 0) is 42.7 Å². The summed E-state index contributed by atoms with van der Waals surface area (Å²) in [6.07, 6.45) is 0. The van der Waals surface area contributed by atoms with Crippen LogP contribution >= 0.6 is 0 Å². The normalized spacial score (nSPS) is 11.5. The summed E-state index contributed by atoms with van der Waals surface area (Å²) in [7, 11) is -3.88. The van der Waals surface area contributed by atoms with Crippen molar-refractivity contribution in [3.8, 4) is 11.5 Å². The minimum Gasteiger partial charge on any atom is -0.490 e. The van der Waals surface area contributed by atoms with Gasteiger partial charge in [-0.2, -0.15) is 8.42 Å². The Labute approximate surface area is 131 Å². The standard InChI is InChI=1S/C17H20O4S/c1-4-20-16-7-5-6-8-17(16)21-22(18,19)15-11-9-14(10-12-15)13(2)3/h5-13H,4H2,1-3H3. The SMILES string of the molecule is CCOc1ccccc1OS(=O)(=O)c1ccc(C(C)C)cc1. The van der Waals surface area contributed by atoms with E-state index in [1.54, 1.807) is 48.5 Å². The zero-order chi connectivity index (χ0) is 16.2. The van der Waals surface area contributed by atoms with Gasteiger partial charge >= 0.3 is 10.1 Å². The Kier molecular flexibility index (Phi) is 5.08. The number of hydrogen-bond donors (Lipinski definition) is 0. The molecule has 0 aliphatic carbocycles. The smallest absolute Gasteiger partial charge is 0.339 e. The molecule has 0 spiro atoms. The molecule has 0 atom stereocenters. The van der Waals surface area contributed by atoms with E-state index in [-0.39, 0.29) is 10.6 Å². The molecule has 0 aliphatic heterocycles. The van der Waals surface area contributed by atoms with E-state index in [9.17, 15) is 8.42 Å². The molecule has 0 radical (unpaired) electrons. The van der Waals surface area contributed by atoms with Crippen LogP contribution in [0, 0.1) is 0 Å². The van der Waals surface area contributed by atoms with Crippen molar-refractivity contribution in [2.45, 2.75) is 31.6 Å². The zero-order valence-electron chi connectivity index (χ0n) is 12.9. The summed E-state index contributed by atoms with van der Waals surface area (Å²) in [6, 6.07) is 13.4. The number of ether oxygens (including phenoxy) is 1. The van der Waals surface area contributed by atoms with Gasteiger partial charge < -0.3 is 8.92 Å². The summed E-state index contributed by atoms with van der Waals surface area (Å²) >= 11 is 0. The van der Waals surface area contributed by atoms with Crippen LogP contribution in [0.25, 0.3) is 0 Å². The Morgan fingerprint density at radius 1 is 0.955 bits per heavy atom. The van der Waals surface area contributed by atoms with Gasteiger partial charge in [0.1, 0.15) is 4.90 Å². The van der Waals surface area contributed by atoms with Crippen molar-refractivity contribution in [3.05, 3.63) is 54.1 Å². The first-order valence-electron chi connectivity index (χ1n) is 7.20. The van der Waals surface area contributed by atoms with Crippen molar-refractivity contribution in [2.24, 2.45) is 0 Å². The Morgan fingerprint density at radius 3 is 2.09 bits per heavy atom. The maximum atomic E-state index is 12.4. The van der Waals surface area contributed by atoms with Crippen LogP contribution < -0.4 is 8.92 Å². The molecular weight excluding hydrogens is 300 g/mol. The van der Waals surface area contributed by atoms with E-state index in [0.717, 1.165) is 5.56 Å². The van der Waals surface area contributed by atoms with Gasteiger partial charge in [-0.3, -0.25) is 0 Å². The van der Waals surface area contributed by atoms with Gasteiger partial charge in [0.25, 0.3) is 0 Å². The summed E-state index contributed by atoms with van der Waals surface area (Å²) in [5.74, 6) is 0.945. The van der Waals surface area contributed by atoms with Gasteiger partial charge in [-0.25, -0.2) is 0 Å². The summed E-state index contributed by atoms with van der Waals surface area (Å²) in [5, 5.41) is 0. The van der Waals surface area contributed by atoms with Crippen LogP contribution in [0.2, 0.25) is 0 Å². The molecule has 0 fully saturated rings. The predicted molar refractivity (Wildman–Crippen MR) is 86.0 cm³/mol. The van der Waals surface area contributed by atoms with Crippen molar-refractivity contribution in [3.63, 3.8) is 0 Å². The number of para-hydroxylation sites is 2. The van der Waals surface area contributed by atoms with E-state index in [1.807, 2.05) is 6.92 Å². The van der Waals surface area contributed by atoms with Crippen molar-refractivity contribution >= 4 is 10.1 Å². The highest BCUT2D eigenvalue weighted by Crippen LogP contribution is 2.29. The maximum Gasteiger partial charge on any atom is 0.339 e. The lowest BCUT2D eigenvalue weighted by molar-refractivity contribution is 0.327. The zero-order valence-corrected chi connectivity index (χ0v) is 13.8. The topological polar surface area (TPSA) is 52.6 Å². The van der Waals surface area contributed by atoms with Gasteiger partial charge in [0.2, 0.25) is 0 Å². The second kappa shape index (κ2) is 6.83. The van der Waals surface area contributed by atoms with Gasteiger partial charge in [-0.15, -0.1) is 0 Å². The van der Waals surface area contributed by atoms with Crippen molar-refractivity contribution < 1.29 is 17.3 Å². The van der Waals surface area contributed by atoms with E-state index >= 15 is 0 Å². The molecule has 0 aliphatic rings. The molecule has 0 unspecified atom stereocenters. The minimum absolute atomic E-state index is 0.128. The first-order chi connectivity index (χ1) is 10.4. The Hall–Kier alpha value is -2.01. The molecule has 2 aromatic carbocycles. The second-order valence-corrected chi connectivity index (χ2v) is 6.69. The van der Waals surface area contributed by atoms with Gasteiger partial charge in [-0.1, -0.05) is 38.1 Å². The fourth-order valence-corrected chi connectivity index (χ4v) is 2.92. The summed E-state index contributed by atoms with van der Waals surface area (Å²) in [6.45, 7) is 6.37. The lowest BCUT2D eigenvalue weighted by Crippen LogP contribution is -2.11. The molecule has 0 saturated heterocycles. The maximum absolute atomic E-state index is 12.4. The van der Waals surface area contributed by atoms with Crippen LogP contribution in [0.15, 0.2) is 53.4 Å². The molecule has 22 heavy (non-hydrogen) atoms. The summed E-state index contributed by atoms with van der Waals surface area (Å²) < 4.78 is 35.3. The minimum atomic E-state index is -3.88. The molecule has 0 saturated carbocycles. The quantitative estimate of drug-likeness (QED) is 0.756. The average molecular weight is 320 g/mol. The summed E-state index contributed by atoms with van der Waals surface area (Å²) in [5.41, 5.74) is 1.08. The third-order valence-electron chi connectivity index (χ3n) is 3.18. The third kappa shape index (κ3) is 3.80. The van der Waals surface area contributed by atoms with Crippen LogP contribution in [0.5, 0.6) is 11.5 Å². The van der Waals surface area contributed by atoms with Crippen LogP contribution in [-0.2, 0) is 10.1 Å². The lowest BCUT2D eigenvalue weighted by Gasteiger charge is -2.12. The van der Waals surface area contributed by atoms with E-state index in [2.05, 4.69) is 13.8 Å². The molecule has 0 heterocycles. The number of rotatable bonds is 6. The molecule has 0 amide bonds. The van der Waals surface area contributed by atoms with Gasteiger partial charge in [0.15, 0.2) is 11.5 Å². The van der Waals surface area contributed by atoms with Crippen LogP contribution in [0.3, 0.4) is 0 Å². The molecular formula is C17H20O4S. The van der Waals surface area contributed by atoms with E-state index in [4.69, 9.17) is 8.92 Å². The number of hydrogen-bond acceptors (Lipinski definition) is 4. The lowest BCUT2D eigenvalue weighted by atomic mass is 10.0. The Morgan fingerprint density at radius 2 is 1.55 bits per heavy atom. The second-order valence-electron chi connectivity index (χ2n) is 5.14. The van der Waals surface area contributed by atoms with Crippen LogP contribution in [-0.4, -0.2) is 15.0 Å². The van der Waals surface area contributed by atoms with Gasteiger partial charge in [0.05, 0.1) is 6.61 Å². The molecule has 4 nitrogen and oxygen atoms in total. The average Bonchev–Trinajstić information content (AvgIpc) is 2.49. The monoisotopic (exact) mass is 320 g/mol. The fourth-order valence-electron chi connectivity index (χ4n) is 1.98. The number of benzene rings is 2. The summed E-state index contributed by atoms with van der Waals surface area (Å²) in [4.78, 5) is 0.128. The first kappa shape index (κ1) is 16.4. The molecule has 0 aromatic heterocycles. The molecule has 118 valence electrons. The highest BCUT2D eigenvalue weighted by atomic mass is 32.2. The highest BCUT2D eigenvalue weighted by molar-refractivity contribution is 7.87. The largest absolute Gasteiger partial charge is 0.490 e. The molecule has 0 bridgehead atoms. The van der Waals surface area contributed by atoms with E-state index in [0.29, 0.717) is 18.3 Å². The van der Waals surface area contributed by atoms with Crippen LogP contribution in [0.1, 0.15) is 32.3 Å². The Balaban J connectivity index is 2.28. The third-order valence-corrected chi connectivity index (χ3v) is 4.43. The predicted octanol–water partition coefficient (Wildman–Crippen LogP) is 3.98. The first-order valence-corrected chi connectivity index (χ1v) is 8.61. The highest BCUT2D eigenvalue weighted by Gasteiger charge is 2.19. The van der Waals surface area contributed by atoms with E-state index in [1.165, 1.54) is 0 Å². The van der Waals surface area contributed by atoms with E-state index < -0.39 is 10.1 Å². The molecule has 2 aromatic rings. The van der Waals surface area contributed by atoms with Crippen molar-refractivity contribution in [1.82, 2.24) is 0 Å². The molecule has 2 rings (SSSR count). The van der Waals surface area contributed by atoms with Gasteiger partial charge in [0, 0.05) is 0 Å². The van der Waals surface area contributed by atoms with Crippen LogP contribution in [0.4, 0.5) is 0 Å². The molecule has 5 heteroatoms. The molecule has 0 N–H and O–H groups in total.